The number of methoxy groups -OCH3 is 1. The number of aromatic nitrogens is 2. The van der Waals surface area contributed by atoms with Crippen molar-refractivity contribution in [1.82, 2.24) is 15.2 Å². The molecule has 6 heteroatoms. The van der Waals surface area contributed by atoms with Crippen LogP contribution in [0, 0.1) is 0 Å². The topological polar surface area (TPSA) is 65.1 Å². The zero-order valence-corrected chi connectivity index (χ0v) is 11.8. The van der Waals surface area contributed by atoms with E-state index in [1.165, 1.54) is 0 Å². The third kappa shape index (κ3) is 2.40. The van der Waals surface area contributed by atoms with Gasteiger partial charge in [-0.15, -0.1) is 0 Å². The van der Waals surface area contributed by atoms with Gasteiger partial charge in [0, 0.05) is 23.3 Å². The first-order chi connectivity index (χ1) is 8.67. The lowest BCUT2D eigenvalue weighted by Gasteiger charge is -2.19. The second-order valence-corrected chi connectivity index (χ2v) is 4.78. The Balaban J connectivity index is 2.48. The predicted octanol–water partition coefficient (Wildman–Crippen LogP) is 1.74. The van der Waals surface area contributed by atoms with Gasteiger partial charge in [0.05, 0.1) is 18.8 Å². The number of hydrogen-bond acceptors (Lipinski definition) is 4. The van der Waals surface area contributed by atoms with Gasteiger partial charge in [0.25, 0.3) is 0 Å². The Morgan fingerprint density at radius 3 is 2.78 bits per heavy atom. The lowest BCUT2D eigenvalue weighted by Crippen LogP contribution is -2.30. The minimum absolute atomic E-state index is 0.166. The van der Waals surface area contributed by atoms with E-state index in [9.17, 15) is 0 Å². The van der Waals surface area contributed by atoms with E-state index in [0.29, 0.717) is 0 Å². The summed E-state index contributed by atoms with van der Waals surface area (Å²) >= 11 is 3.42. The van der Waals surface area contributed by atoms with Gasteiger partial charge >= 0.3 is 0 Å². The number of hydrazine groups is 1. The summed E-state index contributed by atoms with van der Waals surface area (Å²) in [6.07, 6.45) is 1.74. The number of benzene rings is 1. The number of nitrogens with zero attached hydrogens (tertiary/aromatic N) is 2. The average molecular weight is 311 g/mol. The Kier molecular flexibility index (Phi) is 4.00. The molecular weight excluding hydrogens is 296 g/mol. The van der Waals surface area contributed by atoms with Crippen LogP contribution in [0.15, 0.2) is 34.9 Å². The minimum Gasteiger partial charge on any atom is -0.496 e. The van der Waals surface area contributed by atoms with E-state index in [-0.39, 0.29) is 6.04 Å². The molecule has 0 aliphatic carbocycles. The maximum atomic E-state index is 5.67. The molecule has 0 radical (unpaired) electrons. The molecule has 0 spiro atoms. The van der Waals surface area contributed by atoms with Crippen LogP contribution in [-0.4, -0.2) is 16.9 Å². The Morgan fingerprint density at radius 1 is 1.44 bits per heavy atom. The fourth-order valence-electron chi connectivity index (χ4n) is 1.93. The molecule has 1 aromatic carbocycles. The molecule has 2 aromatic rings. The van der Waals surface area contributed by atoms with Gasteiger partial charge in [-0.1, -0.05) is 22.0 Å². The Hall–Kier alpha value is -1.37. The highest BCUT2D eigenvalue weighted by atomic mass is 79.9. The van der Waals surface area contributed by atoms with Crippen molar-refractivity contribution >= 4 is 15.9 Å². The van der Waals surface area contributed by atoms with Crippen molar-refractivity contribution in [2.45, 2.75) is 6.04 Å². The SMILES string of the molecule is COc1cc(Br)ccc1C(NN)c1ccnn1C. The van der Waals surface area contributed by atoms with Gasteiger partial charge in [-0.3, -0.25) is 10.5 Å². The van der Waals surface area contributed by atoms with Crippen LogP contribution >= 0.6 is 15.9 Å². The molecule has 0 bridgehead atoms. The molecule has 0 fully saturated rings. The fraction of sp³-hybridized carbons (Fsp3) is 0.250. The summed E-state index contributed by atoms with van der Waals surface area (Å²) in [7, 11) is 3.52. The number of nitrogens with two attached hydrogens (primary N) is 1. The van der Waals surface area contributed by atoms with E-state index in [2.05, 4.69) is 26.5 Å². The van der Waals surface area contributed by atoms with Gasteiger partial charge in [0.2, 0.25) is 0 Å². The van der Waals surface area contributed by atoms with Crippen molar-refractivity contribution in [2.75, 3.05) is 7.11 Å². The van der Waals surface area contributed by atoms with Crippen LogP contribution in [0.2, 0.25) is 0 Å². The zero-order chi connectivity index (χ0) is 13.1. The van der Waals surface area contributed by atoms with E-state index in [1.807, 2.05) is 31.3 Å². The zero-order valence-electron chi connectivity index (χ0n) is 10.2. The van der Waals surface area contributed by atoms with Gasteiger partial charge in [-0.05, 0) is 18.2 Å². The highest BCUT2D eigenvalue weighted by Gasteiger charge is 2.19. The van der Waals surface area contributed by atoms with Crippen molar-refractivity contribution < 1.29 is 4.74 Å². The first kappa shape index (κ1) is 13.1. The Bertz CT molecular complexity index is 541. The standard InChI is InChI=1S/C12H15BrN4O/c1-17-10(5-6-15-17)12(16-14)9-4-3-8(13)7-11(9)18-2/h3-7,12,16H,14H2,1-2H3. The van der Waals surface area contributed by atoms with Crippen molar-refractivity contribution in [2.24, 2.45) is 12.9 Å². The monoisotopic (exact) mass is 310 g/mol. The molecule has 3 N–H and O–H groups in total. The molecule has 1 aromatic heterocycles. The summed E-state index contributed by atoms with van der Waals surface area (Å²) in [5.41, 5.74) is 4.73. The molecule has 18 heavy (non-hydrogen) atoms. The van der Waals surface area contributed by atoms with E-state index in [0.717, 1.165) is 21.5 Å². The minimum atomic E-state index is -0.166. The lowest BCUT2D eigenvalue weighted by molar-refractivity contribution is 0.402. The summed E-state index contributed by atoms with van der Waals surface area (Å²) in [4.78, 5) is 0. The number of ether oxygens (including phenoxy) is 1. The smallest absolute Gasteiger partial charge is 0.125 e. The van der Waals surface area contributed by atoms with Gasteiger partial charge < -0.3 is 4.74 Å². The quantitative estimate of drug-likeness (QED) is 0.667. The maximum absolute atomic E-state index is 5.67. The molecular formula is C12H15BrN4O. The predicted molar refractivity (Wildman–Crippen MR) is 73.1 cm³/mol. The van der Waals surface area contributed by atoms with Gasteiger partial charge in [0.1, 0.15) is 5.75 Å². The summed E-state index contributed by atoms with van der Waals surface area (Å²) in [5, 5.41) is 4.16. The second-order valence-electron chi connectivity index (χ2n) is 3.87. The van der Waals surface area contributed by atoms with Crippen LogP contribution in [0.25, 0.3) is 0 Å². The molecule has 96 valence electrons. The van der Waals surface area contributed by atoms with E-state index < -0.39 is 0 Å². The third-order valence-corrected chi connectivity index (χ3v) is 3.32. The van der Waals surface area contributed by atoms with Crippen LogP contribution in [-0.2, 0) is 7.05 Å². The van der Waals surface area contributed by atoms with Crippen LogP contribution in [0.3, 0.4) is 0 Å². The number of rotatable bonds is 4. The van der Waals surface area contributed by atoms with Gasteiger partial charge in [0.15, 0.2) is 0 Å². The van der Waals surface area contributed by atoms with Gasteiger partial charge in [-0.25, -0.2) is 5.43 Å². The molecule has 2 rings (SSSR count). The third-order valence-electron chi connectivity index (χ3n) is 2.83. The Morgan fingerprint density at radius 2 is 2.22 bits per heavy atom. The van der Waals surface area contributed by atoms with Crippen LogP contribution in [0.4, 0.5) is 0 Å². The average Bonchev–Trinajstić information content (AvgIpc) is 2.78. The normalized spacial score (nSPS) is 12.4. The first-order valence-corrected chi connectivity index (χ1v) is 6.24. The molecule has 1 heterocycles. The van der Waals surface area contributed by atoms with Crippen molar-refractivity contribution in [3.05, 3.63) is 46.2 Å². The highest BCUT2D eigenvalue weighted by molar-refractivity contribution is 9.10. The van der Waals surface area contributed by atoms with E-state index in [4.69, 9.17) is 10.6 Å². The maximum Gasteiger partial charge on any atom is 0.125 e. The number of hydrogen-bond donors (Lipinski definition) is 2. The van der Waals surface area contributed by atoms with Crippen LogP contribution in [0.1, 0.15) is 17.3 Å². The number of nitrogens with one attached hydrogen (secondary N) is 1. The number of aryl methyl sites for hydroxylation is 1. The molecule has 5 nitrogen and oxygen atoms in total. The molecule has 1 unspecified atom stereocenters. The van der Waals surface area contributed by atoms with Crippen molar-refractivity contribution in [3.8, 4) is 5.75 Å². The van der Waals surface area contributed by atoms with Gasteiger partial charge in [-0.2, -0.15) is 5.10 Å². The summed E-state index contributed by atoms with van der Waals surface area (Å²) in [6.45, 7) is 0. The molecule has 0 aliphatic heterocycles. The lowest BCUT2D eigenvalue weighted by atomic mass is 10.0. The Labute approximate surface area is 114 Å². The summed E-state index contributed by atoms with van der Waals surface area (Å²) < 4.78 is 8.14. The molecule has 0 saturated heterocycles. The van der Waals surface area contributed by atoms with Crippen LogP contribution < -0.4 is 16.0 Å². The highest BCUT2D eigenvalue weighted by Crippen LogP contribution is 2.31. The van der Waals surface area contributed by atoms with Crippen LogP contribution in [0.5, 0.6) is 5.75 Å². The van der Waals surface area contributed by atoms with E-state index >= 15 is 0 Å². The summed E-state index contributed by atoms with van der Waals surface area (Å²) in [5.74, 6) is 6.44. The largest absolute Gasteiger partial charge is 0.496 e. The second kappa shape index (κ2) is 5.51. The van der Waals surface area contributed by atoms with Crippen molar-refractivity contribution in [3.63, 3.8) is 0 Å². The summed E-state index contributed by atoms with van der Waals surface area (Å²) in [6, 6.07) is 7.60. The molecule has 0 amide bonds. The molecule has 0 aliphatic rings. The number of halogens is 1. The molecule has 0 saturated carbocycles. The fourth-order valence-corrected chi connectivity index (χ4v) is 2.27. The van der Waals surface area contributed by atoms with Crippen molar-refractivity contribution in [1.29, 1.82) is 0 Å². The molecule has 1 atom stereocenters. The first-order valence-electron chi connectivity index (χ1n) is 5.45. The van der Waals surface area contributed by atoms with E-state index in [1.54, 1.807) is 18.0 Å².